The van der Waals surface area contributed by atoms with Gasteiger partial charge in [-0.25, -0.2) is 0 Å². The quantitative estimate of drug-likeness (QED) is 0.306. The maximum atomic E-state index is 10.1. The minimum absolute atomic E-state index is 0.291. The van der Waals surface area contributed by atoms with E-state index in [1.807, 2.05) is 0 Å². The molecule has 0 amide bonds. The van der Waals surface area contributed by atoms with E-state index in [0.717, 1.165) is 0 Å². The zero-order valence-corrected chi connectivity index (χ0v) is 15.9. The Morgan fingerprint density at radius 3 is 1.79 bits per heavy atom. The minimum atomic E-state index is -2.41. The van der Waals surface area contributed by atoms with Crippen molar-refractivity contribution in [1.29, 1.82) is 0 Å². The molecule has 0 unspecified atom stereocenters. The first kappa shape index (κ1) is 17.1. The van der Waals surface area contributed by atoms with Gasteiger partial charge in [-0.05, 0) is 0 Å². The molecular weight excluding hydrogens is 343 g/mol. The van der Waals surface area contributed by atoms with Crippen LogP contribution in [0, 0.1) is 0 Å². The Bertz CT molecular complexity index is 288. The van der Waals surface area contributed by atoms with Crippen molar-refractivity contribution in [2.75, 3.05) is 6.61 Å². The third-order valence-electron chi connectivity index (χ3n) is 4.34. The molecule has 0 aromatic carbocycles. The predicted octanol–water partition coefficient (Wildman–Crippen LogP) is 4.83. The number of hydrogen-bond donors (Lipinski definition) is 0. The average molecular weight is 374 g/mol. The molecule has 0 atom stereocenters. The summed E-state index contributed by atoms with van der Waals surface area (Å²) in [6, 6.07) is 0. The number of hydrogen-bond acceptors (Lipinski definition) is 1. The Labute approximate surface area is 122 Å². The van der Waals surface area contributed by atoms with Gasteiger partial charge in [0.1, 0.15) is 0 Å². The topological polar surface area (TPSA) is 30.6 Å². The molecule has 0 spiro atoms. The van der Waals surface area contributed by atoms with E-state index in [2.05, 4.69) is 26.8 Å². The number of carbonyl (C=O) groups excluding carboxylic acids is 1. The molecule has 0 aromatic rings. The van der Waals surface area contributed by atoms with Crippen molar-refractivity contribution < 1.29 is 9.53 Å². The molecule has 0 fully saturated rings. The van der Waals surface area contributed by atoms with Gasteiger partial charge in [0, 0.05) is 0 Å². The van der Waals surface area contributed by atoms with E-state index in [4.69, 9.17) is 4.74 Å². The predicted molar refractivity (Wildman–Crippen MR) is 85.9 cm³/mol. The van der Waals surface area contributed by atoms with Gasteiger partial charge in [-0.2, -0.15) is 0 Å². The van der Waals surface area contributed by atoms with Crippen molar-refractivity contribution in [2.24, 2.45) is 0 Å². The van der Waals surface area contributed by atoms with Crippen LogP contribution >= 0.6 is 0 Å². The molecule has 0 radical (unpaired) electrons. The Hall–Kier alpha value is 0.00870. The van der Waals surface area contributed by atoms with Gasteiger partial charge in [0.05, 0.1) is 0 Å². The maximum absolute atomic E-state index is 10.1. The molecule has 0 saturated carbocycles. The van der Waals surface area contributed by atoms with E-state index in [9.17, 15) is 4.79 Å². The summed E-state index contributed by atoms with van der Waals surface area (Å²) < 4.78 is 10.8. The molecular formula is C16H31O2Sn+. The molecule has 0 saturated heterocycles. The van der Waals surface area contributed by atoms with Crippen molar-refractivity contribution in [2.45, 2.75) is 72.6 Å². The van der Waals surface area contributed by atoms with Crippen LogP contribution in [0.2, 0.25) is 13.3 Å². The standard InChI is InChI=1S/C4H3O2.3C4H9.Sn/c5-4-2-1-3-6-4;3*1-3-4-2;/h1H,3H2;3*1,3-4H2,2H3;/p+1. The first-order chi connectivity index (χ1) is 9.20. The molecule has 1 aliphatic heterocycles. The molecule has 0 aromatic heterocycles. The fourth-order valence-electron chi connectivity index (χ4n) is 3.14. The molecule has 3 heteroatoms. The molecule has 2 nitrogen and oxygen atoms in total. The van der Waals surface area contributed by atoms with Gasteiger partial charge in [0.2, 0.25) is 0 Å². The van der Waals surface area contributed by atoms with Crippen LogP contribution in [0.15, 0.2) is 9.67 Å². The zero-order valence-electron chi connectivity index (χ0n) is 13.0. The van der Waals surface area contributed by atoms with E-state index in [-0.39, 0.29) is 0 Å². The van der Waals surface area contributed by atoms with Crippen LogP contribution in [0.5, 0.6) is 0 Å². The number of unbranched alkanes of at least 4 members (excludes halogenated alkanes) is 3. The number of esters is 1. The van der Waals surface area contributed by atoms with E-state index < -0.39 is 18.4 Å². The van der Waals surface area contributed by atoms with E-state index in [1.54, 1.807) is 0 Å². The van der Waals surface area contributed by atoms with E-state index in [1.165, 1.54) is 55.4 Å². The zero-order chi connectivity index (χ0) is 14.1. The molecule has 19 heavy (non-hydrogen) atoms. The van der Waals surface area contributed by atoms with Gasteiger partial charge in [-0.3, -0.25) is 0 Å². The summed E-state index contributed by atoms with van der Waals surface area (Å²) in [7, 11) is 0. The summed E-state index contributed by atoms with van der Waals surface area (Å²) in [6.45, 7) is 7.43. The molecule has 110 valence electrons. The number of rotatable bonds is 10. The Balaban J connectivity index is 2.90. The molecule has 1 N–H and O–H groups in total. The first-order valence-electron chi connectivity index (χ1n) is 8.10. The Kier molecular flexibility index (Phi) is 8.12. The third kappa shape index (κ3) is 4.80. The van der Waals surface area contributed by atoms with Crippen LogP contribution in [0.25, 0.3) is 0 Å². The average Bonchev–Trinajstić information content (AvgIpc) is 2.85. The van der Waals surface area contributed by atoms with Crippen molar-refractivity contribution in [3.63, 3.8) is 0 Å². The van der Waals surface area contributed by atoms with Crippen LogP contribution in [0.1, 0.15) is 59.3 Å². The van der Waals surface area contributed by atoms with Crippen LogP contribution in [-0.4, -0.2) is 35.7 Å². The van der Waals surface area contributed by atoms with Gasteiger partial charge in [0.25, 0.3) is 0 Å². The van der Waals surface area contributed by atoms with Crippen molar-refractivity contribution in [3.8, 4) is 0 Å². The summed E-state index contributed by atoms with van der Waals surface area (Å²) in [5.74, 6) is 0.291. The summed E-state index contributed by atoms with van der Waals surface area (Å²) in [5, 5.41) is 0. The monoisotopic (exact) mass is 375 g/mol. The van der Waals surface area contributed by atoms with Gasteiger partial charge in [-0.1, -0.05) is 0 Å². The van der Waals surface area contributed by atoms with Crippen LogP contribution < -0.4 is 0 Å². The van der Waals surface area contributed by atoms with Crippen LogP contribution in [0.4, 0.5) is 0 Å². The van der Waals surface area contributed by atoms with Crippen molar-refractivity contribution in [3.05, 3.63) is 9.67 Å². The van der Waals surface area contributed by atoms with E-state index >= 15 is 0 Å². The second kappa shape index (κ2) is 9.04. The van der Waals surface area contributed by atoms with Crippen molar-refractivity contribution >= 4 is 24.3 Å². The van der Waals surface area contributed by atoms with Crippen molar-refractivity contribution in [1.82, 2.24) is 0 Å². The number of cyclic esters (lactones) is 1. The second-order valence-corrected chi connectivity index (χ2v) is 19.0. The van der Waals surface area contributed by atoms with Gasteiger partial charge < -0.3 is 0 Å². The summed E-state index contributed by atoms with van der Waals surface area (Å²) in [6.07, 6.45) is 9.99. The van der Waals surface area contributed by atoms with Crippen LogP contribution in [0.3, 0.4) is 0 Å². The molecule has 1 heterocycles. The number of ether oxygens (including phenoxy) is 1. The van der Waals surface area contributed by atoms with Crippen LogP contribution in [-0.2, 0) is 4.74 Å². The summed E-state index contributed by atoms with van der Waals surface area (Å²) in [5.41, 5.74) is 0. The Morgan fingerprint density at radius 2 is 1.47 bits per heavy atom. The second-order valence-electron chi connectivity index (χ2n) is 5.82. The van der Waals surface area contributed by atoms with E-state index in [0.29, 0.717) is 12.6 Å². The van der Waals surface area contributed by atoms with Gasteiger partial charge in [0.15, 0.2) is 0 Å². The van der Waals surface area contributed by atoms with Gasteiger partial charge >= 0.3 is 123 Å². The fraction of sp³-hybridized carbons (Fsp3) is 0.812. The normalized spacial score (nSPS) is 15.5. The summed E-state index contributed by atoms with van der Waals surface area (Å²) >= 11 is -2.41. The first-order valence-corrected chi connectivity index (χ1v) is 15.6. The molecule has 0 bridgehead atoms. The Morgan fingerprint density at radius 1 is 1.00 bits per heavy atom. The third-order valence-corrected chi connectivity index (χ3v) is 20.0. The van der Waals surface area contributed by atoms with Gasteiger partial charge in [-0.15, -0.1) is 0 Å². The molecule has 1 aliphatic rings. The summed E-state index contributed by atoms with van der Waals surface area (Å²) in [4.78, 5) is 10.1. The fourth-order valence-corrected chi connectivity index (χ4v) is 19.4. The molecule has 0 aliphatic carbocycles. The molecule has 1 rings (SSSR count). The SMILES string of the molecule is CCC[CH2][Sn]([CH2]CCC)([CH2]CCC)[C]1=CCOC1=[OH+].